The second-order valence-electron chi connectivity index (χ2n) is 5.98. The molecule has 146 valence electrons. The quantitative estimate of drug-likeness (QED) is 0.561. The molecule has 0 spiro atoms. The molecule has 0 fully saturated rings. The van der Waals surface area contributed by atoms with Crippen molar-refractivity contribution >= 4 is 17.2 Å². The van der Waals surface area contributed by atoms with Crippen molar-refractivity contribution < 1.29 is 23.0 Å². The predicted molar refractivity (Wildman–Crippen MR) is 97.5 cm³/mol. The molecule has 3 N–H and O–H groups in total. The summed E-state index contributed by atoms with van der Waals surface area (Å²) in [6, 6.07) is 6.89. The summed E-state index contributed by atoms with van der Waals surface area (Å²) in [5.74, 6) is 0.0701. The number of aromatic nitrogens is 1. The van der Waals surface area contributed by atoms with Crippen molar-refractivity contribution in [1.82, 2.24) is 4.98 Å². The van der Waals surface area contributed by atoms with E-state index in [4.69, 9.17) is 5.41 Å². The van der Waals surface area contributed by atoms with Crippen molar-refractivity contribution in [3.05, 3.63) is 47.7 Å². The Hall–Kier alpha value is -2.61. The Kier molecular flexibility index (Phi) is 6.79. The van der Waals surface area contributed by atoms with Crippen LogP contribution in [0.15, 0.2) is 36.5 Å². The molecule has 0 unspecified atom stereocenters. The maximum absolute atomic E-state index is 12.3. The highest BCUT2D eigenvalue weighted by atomic mass is 19.4. The Balaban J connectivity index is 2.32. The van der Waals surface area contributed by atoms with Gasteiger partial charge in [0, 0.05) is 29.1 Å². The predicted octanol–water partition coefficient (Wildman–Crippen LogP) is 5.02. The van der Waals surface area contributed by atoms with Crippen molar-refractivity contribution in [2.75, 3.05) is 5.32 Å². The van der Waals surface area contributed by atoms with Crippen LogP contribution >= 0.6 is 0 Å². The van der Waals surface area contributed by atoms with Gasteiger partial charge in [0.05, 0.1) is 6.61 Å². The molecule has 0 saturated heterocycles. The van der Waals surface area contributed by atoms with Crippen LogP contribution < -0.4 is 10.1 Å². The van der Waals surface area contributed by atoms with E-state index in [0.717, 1.165) is 12.8 Å². The first-order valence-corrected chi connectivity index (χ1v) is 8.59. The lowest BCUT2D eigenvalue weighted by Crippen LogP contribution is -2.18. The van der Waals surface area contributed by atoms with Crippen molar-refractivity contribution in [3.8, 4) is 5.75 Å². The fourth-order valence-corrected chi connectivity index (χ4v) is 2.81. The van der Waals surface area contributed by atoms with E-state index in [2.05, 4.69) is 15.0 Å². The van der Waals surface area contributed by atoms with E-state index < -0.39 is 6.36 Å². The van der Waals surface area contributed by atoms with Crippen LogP contribution in [0.1, 0.15) is 37.8 Å². The van der Waals surface area contributed by atoms with Crippen LogP contribution in [0.25, 0.3) is 0 Å². The van der Waals surface area contributed by atoms with Gasteiger partial charge in [-0.15, -0.1) is 13.2 Å². The van der Waals surface area contributed by atoms with E-state index in [0.29, 0.717) is 28.3 Å². The molecule has 8 heteroatoms. The average molecular weight is 381 g/mol. The molecule has 0 amide bonds. The lowest BCUT2D eigenvalue weighted by atomic mass is 9.90. The number of benzene rings is 1. The van der Waals surface area contributed by atoms with E-state index in [-0.39, 0.29) is 18.3 Å². The van der Waals surface area contributed by atoms with Crippen molar-refractivity contribution in [2.24, 2.45) is 5.92 Å². The molecule has 1 aromatic heterocycles. The molecule has 1 aromatic carbocycles. The number of anilines is 2. The smallest absolute Gasteiger partial charge is 0.406 e. The maximum Gasteiger partial charge on any atom is 0.573 e. The summed E-state index contributed by atoms with van der Waals surface area (Å²) in [6.45, 7) is 3.74. The van der Waals surface area contributed by atoms with Crippen molar-refractivity contribution in [1.29, 1.82) is 5.41 Å². The number of rotatable bonds is 8. The van der Waals surface area contributed by atoms with Crippen LogP contribution in [0, 0.1) is 11.3 Å². The summed E-state index contributed by atoms with van der Waals surface area (Å²) in [6.07, 6.45) is -1.68. The highest BCUT2D eigenvalue weighted by molar-refractivity contribution is 6.05. The van der Waals surface area contributed by atoms with Gasteiger partial charge in [0.15, 0.2) is 0 Å². The zero-order valence-electron chi connectivity index (χ0n) is 15.1. The minimum absolute atomic E-state index is 0.0163. The molecule has 0 aliphatic rings. The fourth-order valence-electron chi connectivity index (χ4n) is 2.81. The number of halogens is 3. The summed E-state index contributed by atoms with van der Waals surface area (Å²) in [5.41, 5.74) is 1.95. The molecule has 5 nitrogen and oxygen atoms in total. The molecule has 0 aliphatic carbocycles. The van der Waals surface area contributed by atoms with E-state index in [1.54, 1.807) is 6.07 Å². The molecule has 1 heterocycles. The normalized spacial score (nSPS) is 11.5. The minimum Gasteiger partial charge on any atom is -0.406 e. The molecule has 2 aromatic rings. The molecule has 2 rings (SSSR count). The number of hydrogen-bond donors (Lipinski definition) is 3. The van der Waals surface area contributed by atoms with Crippen LogP contribution in [0.2, 0.25) is 0 Å². The number of alkyl halides is 3. The summed E-state index contributed by atoms with van der Waals surface area (Å²) in [7, 11) is 0. The zero-order chi connectivity index (χ0) is 20.0. The molecule has 0 bridgehead atoms. The number of aliphatic hydroxyl groups is 1. The second-order valence-corrected chi connectivity index (χ2v) is 5.98. The zero-order valence-corrected chi connectivity index (χ0v) is 15.1. The van der Waals surface area contributed by atoms with Gasteiger partial charge in [-0.25, -0.2) is 4.98 Å². The van der Waals surface area contributed by atoms with Crippen molar-refractivity contribution in [3.63, 3.8) is 0 Å². The topological polar surface area (TPSA) is 78.2 Å². The average Bonchev–Trinajstić information content (AvgIpc) is 2.62. The Bertz CT molecular complexity index is 773. The van der Waals surface area contributed by atoms with Gasteiger partial charge in [-0.2, -0.15) is 0 Å². The summed E-state index contributed by atoms with van der Waals surface area (Å²) in [5, 5.41) is 21.2. The third-order valence-electron chi connectivity index (χ3n) is 4.22. The molecular formula is C19H22F3N3O2. The monoisotopic (exact) mass is 381 g/mol. The van der Waals surface area contributed by atoms with Gasteiger partial charge in [-0.05, 0) is 48.7 Å². The standard InChI is InChI=1S/C19H22F3N3O2/c1-3-12(4-2)17(23)16-13(11-26)9-10-24-18(16)25-14-5-7-15(8-6-14)27-19(20,21)22/h5-10,12,23,26H,3-4,11H2,1-2H3,(H,24,25). The number of hydrogen-bond acceptors (Lipinski definition) is 5. The van der Waals surface area contributed by atoms with E-state index in [1.165, 1.54) is 30.5 Å². The van der Waals surface area contributed by atoms with Crippen LogP contribution in [-0.4, -0.2) is 22.2 Å². The third-order valence-corrected chi connectivity index (χ3v) is 4.22. The van der Waals surface area contributed by atoms with Gasteiger partial charge in [0.25, 0.3) is 0 Å². The Morgan fingerprint density at radius 2 is 1.81 bits per heavy atom. The summed E-state index contributed by atoms with van der Waals surface area (Å²) >= 11 is 0. The first-order valence-electron chi connectivity index (χ1n) is 8.59. The lowest BCUT2D eigenvalue weighted by Gasteiger charge is -2.20. The minimum atomic E-state index is -4.75. The first kappa shape index (κ1) is 20.7. The van der Waals surface area contributed by atoms with Gasteiger partial charge in [0.2, 0.25) is 0 Å². The molecule has 0 aliphatic heterocycles. The van der Waals surface area contributed by atoms with Gasteiger partial charge < -0.3 is 20.6 Å². The van der Waals surface area contributed by atoms with Crippen LogP contribution in [0.4, 0.5) is 24.7 Å². The Labute approximate surface area is 155 Å². The number of aliphatic hydroxyl groups excluding tert-OH is 1. The van der Waals surface area contributed by atoms with E-state index in [9.17, 15) is 18.3 Å². The van der Waals surface area contributed by atoms with Gasteiger partial charge in [-0.1, -0.05) is 13.8 Å². The summed E-state index contributed by atoms with van der Waals surface area (Å²) < 4.78 is 40.6. The second kappa shape index (κ2) is 8.85. The molecule has 0 radical (unpaired) electrons. The Morgan fingerprint density at radius 1 is 1.19 bits per heavy atom. The molecule has 0 atom stereocenters. The van der Waals surface area contributed by atoms with Gasteiger partial charge in [-0.3, -0.25) is 0 Å². The number of nitrogens with zero attached hydrogens (tertiary/aromatic N) is 1. The largest absolute Gasteiger partial charge is 0.573 e. The number of nitrogens with one attached hydrogen (secondary N) is 2. The van der Waals surface area contributed by atoms with Gasteiger partial charge >= 0.3 is 6.36 Å². The molecular weight excluding hydrogens is 359 g/mol. The van der Waals surface area contributed by atoms with Crippen LogP contribution in [0.3, 0.4) is 0 Å². The molecule has 0 saturated carbocycles. The number of pyridine rings is 1. The Morgan fingerprint density at radius 3 is 2.33 bits per heavy atom. The fraction of sp³-hybridized carbons (Fsp3) is 0.368. The van der Waals surface area contributed by atoms with E-state index in [1.807, 2.05) is 13.8 Å². The van der Waals surface area contributed by atoms with Crippen LogP contribution in [0.5, 0.6) is 5.75 Å². The first-order chi connectivity index (χ1) is 12.8. The van der Waals surface area contributed by atoms with E-state index >= 15 is 0 Å². The SMILES string of the molecule is CCC(CC)C(=N)c1c(CO)ccnc1Nc1ccc(OC(F)(F)F)cc1. The number of ether oxygens (including phenoxy) is 1. The van der Waals surface area contributed by atoms with Crippen LogP contribution in [-0.2, 0) is 6.61 Å². The third kappa shape index (κ3) is 5.43. The lowest BCUT2D eigenvalue weighted by molar-refractivity contribution is -0.274. The maximum atomic E-state index is 12.3. The van der Waals surface area contributed by atoms with Crippen molar-refractivity contribution in [2.45, 2.75) is 39.7 Å². The highest BCUT2D eigenvalue weighted by Gasteiger charge is 2.31. The molecule has 27 heavy (non-hydrogen) atoms. The summed E-state index contributed by atoms with van der Waals surface area (Å²) in [4.78, 5) is 4.26. The van der Waals surface area contributed by atoms with Gasteiger partial charge in [0.1, 0.15) is 11.6 Å². The highest BCUT2D eigenvalue weighted by Crippen LogP contribution is 2.29.